The molecule has 0 saturated carbocycles. The predicted octanol–water partition coefficient (Wildman–Crippen LogP) is 5.98. The fourth-order valence-electron chi connectivity index (χ4n) is 3.01. The quantitative estimate of drug-likeness (QED) is 0.436. The second kappa shape index (κ2) is 7.55. The number of aromatic nitrogens is 2. The summed E-state index contributed by atoms with van der Waals surface area (Å²) < 4.78 is 6.12. The van der Waals surface area contributed by atoms with Gasteiger partial charge in [-0.3, -0.25) is 0 Å². The lowest BCUT2D eigenvalue weighted by molar-refractivity contribution is 0.599. The standard InChI is InChI=1S/C22H15ClN4O/c1-14-12-18(27-22(23)25-14)26-21-17(13-24)19(15-8-4-2-5-9-15)20(28-21)16-10-6-3-7-11-16/h2-12H,1H3,(H,25,26,27). The molecule has 0 atom stereocenters. The molecule has 0 saturated heterocycles. The number of aryl methyl sites for hydroxylation is 1. The molecule has 0 aliphatic carbocycles. The van der Waals surface area contributed by atoms with E-state index in [1.165, 1.54) is 0 Å². The van der Waals surface area contributed by atoms with Gasteiger partial charge in [0.15, 0.2) is 0 Å². The molecule has 0 radical (unpaired) electrons. The highest BCUT2D eigenvalue weighted by Gasteiger charge is 2.23. The van der Waals surface area contributed by atoms with Crippen molar-refractivity contribution in [2.45, 2.75) is 6.92 Å². The summed E-state index contributed by atoms with van der Waals surface area (Å²) in [5, 5.41) is 13.1. The van der Waals surface area contributed by atoms with Gasteiger partial charge in [-0.25, -0.2) is 9.97 Å². The highest BCUT2D eigenvalue weighted by atomic mass is 35.5. The predicted molar refractivity (Wildman–Crippen MR) is 109 cm³/mol. The summed E-state index contributed by atoms with van der Waals surface area (Å²) in [5.74, 6) is 1.39. The average Bonchev–Trinajstić information content (AvgIpc) is 3.06. The van der Waals surface area contributed by atoms with Crippen molar-refractivity contribution in [2.24, 2.45) is 0 Å². The van der Waals surface area contributed by atoms with Crippen LogP contribution in [0.4, 0.5) is 11.7 Å². The third-order valence-electron chi connectivity index (χ3n) is 4.19. The molecule has 136 valence electrons. The molecule has 0 unspecified atom stereocenters. The van der Waals surface area contributed by atoms with Crippen LogP contribution in [0.25, 0.3) is 22.5 Å². The Hall–Kier alpha value is -3.62. The molecule has 4 rings (SSSR count). The van der Waals surface area contributed by atoms with E-state index in [1.807, 2.05) is 67.6 Å². The number of hydrogen-bond donors (Lipinski definition) is 1. The van der Waals surface area contributed by atoms with Gasteiger partial charge < -0.3 is 9.73 Å². The van der Waals surface area contributed by atoms with E-state index in [0.717, 1.165) is 16.7 Å². The van der Waals surface area contributed by atoms with Crippen molar-refractivity contribution in [3.8, 4) is 28.5 Å². The number of nitrogens with one attached hydrogen (secondary N) is 1. The molecule has 0 fully saturated rings. The van der Waals surface area contributed by atoms with Gasteiger partial charge >= 0.3 is 0 Å². The first-order valence-electron chi connectivity index (χ1n) is 8.61. The van der Waals surface area contributed by atoms with Gasteiger partial charge in [0.05, 0.1) is 0 Å². The maximum Gasteiger partial charge on any atom is 0.224 e. The number of halogens is 1. The van der Waals surface area contributed by atoms with E-state index in [2.05, 4.69) is 21.4 Å². The lowest BCUT2D eigenvalue weighted by atomic mass is 9.98. The van der Waals surface area contributed by atoms with Crippen LogP contribution >= 0.6 is 11.6 Å². The van der Waals surface area contributed by atoms with E-state index < -0.39 is 0 Å². The van der Waals surface area contributed by atoms with Crippen molar-refractivity contribution >= 4 is 23.3 Å². The van der Waals surface area contributed by atoms with Crippen LogP contribution in [0.5, 0.6) is 0 Å². The Bertz CT molecular complexity index is 1140. The smallest absolute Gasteiger partial charge is 0.224 e. The zero-order valence-corrected chi connectivity index (χ0v) is 15.7. The van der Waals surface area contributed by atoms with Crippen LogP contribution in [-0.2, 0) is 0 Å². The molecule has 6 heteroatoms. The SMILES string of the molecule is Cc1cc(Nc2oc(-c3ccccc3)c(-c3ccccc3)c2C#N)nc(Cl)n1. The monoisotopic (exact) mass is 386 g/mol. The van der Waals surface area contributed by atoms with Gasteiger partial charge in [0, 0.05) is 22.9 Å². The molecule has 0 spiro atoms. The first-order valence-corrected chi connectivity index (χ1v) is 8.99. The van der Waals surface area contributed by atoms with Crippen LogP contribution in [0.1, 0.15) is 11.3 Å². The van der Waals surface area contributed by atoms with E-state index in [-0.39, 0.29) is 5.28 Å². The zero-order chi connectivity index (χ0) is 19.5. The Kier molecular flexibility index (Phi) is 4.79. The maximum absolute atomic E-state index is 9.90. The molecule has 0 bridgehead atoms. The van der Waals surface area contributed by atoms with Crippen molar-refractivity contribution in [2.75, 3.05) is 5.32 Å². The molecule has 28 heavy (non-hydrogen) atoms. The first-order chi connectivity index (χ1) is 13.7. The van der Waals surface area contributed by atoms with E-state index >= 15 is 0 Å². The van der Waals surface area contributed by atoms with E-state index in [4.69, 9.17) is 16.0 Å². The van der Waals surface area contributed by atoms with Crippen LogP contribution in [0, 0.1) is 18.3 Å². The average molecular weight is 387 g/mol. The van der Waals surface area contributed by atoms with Crippen molar-refractivity contribution in [1.82, 2.24) is 9.97 Å². The normalized spacial score (nSPS) is 10.5. The fraction of sp³-hybridized carbons (Fsp3) is 0.0455. The van der Waals surface area contributed by atoms with E-state index in [9.17, 15) is 5.26 Å². The summed E-state index contributed by atoms with van der Waals surface area (Å²) >= 11 is 5.96. The lowest BCUT2D eigenvalue weighted by Crippen LogP contribution is -1.97. The van der Waals surface area contributed by atoms with Crippen molar-refractivity contribution in [1.29, 1.82) is 5.26 Å². The summed E-state index contributed by atoms with van der Waals surface area (Å²) in [6, 6.07) is 23.4. The molecular formula is C22H15ClN4O. The van der Waals surface area contributed by atoms with Gasteiger partial charge in [-0.15, -0.1) is 0 Å². The van der Waals surface area contributed by atoms with Gasteiger partial charge in [-0.05, 0) is 24.1 Å². The molecule has 4 aromatic rings. The molecule has 0 amide bonds. The minimum absolute atomic E-state index is 0.124. The Morgan fingerprint density at radius 2 is 1.61 bits per heavy atom. The Balaban J connectivity index is 1.91. The second-order valence-corrected chi connectivity index (χ2v) is 6.48. The van der Waals surface area contributed by atoms with Gasteiger partial charge in [0.1, 0.15) is 23.2 Å². The Morgan fingerprint density at radius 1 is 0.964 bits per heavy atom. The minimum atomic E-state index is 0.124. The van der Waals surface area contributed by atoms with Crippen molar-refractivity contribution < 1.29 is 4.42 Å². The van der Waals surface area contributed by atoms with Gasteiger partial charge in [-0.1, -0.05) is 60.7 Å². The van der Waals surface area contributed by atoms with Crippen LogP contribution in [0.3, 0.4) is 0 Å². The second-order valence-electron chi connectivity index (χ2n) is 6.14. The summed E-state index contributed by atoms with van der Waals surface area (Å²) in [7, 11) is 0. The van der Waals surface area contributed by atoms with Crippen LogP contribution in [0.2, 0.25) is 5.28 Å². The number of rotatable bonds is 4. The topological polar surface area (TPSA) is 74.7 Å². The number of benzene rings is 2. The van der Waals surface area contributed by atoms with E-state index in [1.54, 1.807) is 6.07 Å². The number of furan rings is 1. The fourth-order valence-corrected chi connectivity index (χ4v) is 3.24. The minimum Gasteiger partial charge on any atom is -0.438 e. The Labute approximate surface area is 167 Å². The van der Waals surface area contributed by atoms with Gasteiger partial charge in [-0.2, -0.15) is 5.26 Å². The lowest BCUT2D eigenvalue weighted by Gasteiger charge is -2.04. The number of hydrogen-bond acceptors (Lipinski definition) is 5. The zero-order valence-electron chi connectivity index (χ0n) is 15.0. The molecular weight excluding hydrogens is 372 g/mol. The summed E-state index contributed by atoms with van der Waals surface area (Å²) in [4.78, 5) is 8.22. The summed E-state index contributed by atoms with van der Waals surface area (Å²) in [5.41, 5.74) is 3.61. The highest BCUT2D eigenvalue weighted by Crippen LogP contribution is 2.42. The largest absolute Gasteiger partial charge is 0.438 e. The van der Waals surface area contributed by atoms with Crippen molar-refractivity contribution in [3.63, 3.8) is 0 Å². The third-order valence-corrected chi connectivity index (χ3v) is 4.36. The van der Waals surface area contributed by atoms with Crippen LogP contribution in [-0.4, -0.2) is 9.97 Å². The number of anilines is 2. The van der Waals surface area contributed by atoms with Gasteiger partial charge in [0.2, 0.25) is 11.2 Å². The van der Waals surface area contributed by atoms with E-state index in [0.29, 0.717) is 28.7 Å². The molecule has 1 N–H and O–H groups in total. The third kappa shape index (κ3) is 3.46. The number of nitrogens with zero attached hydrogens (tertiary/aromatic N) is 3. The molecule has 0 aliphatic rings. The highest BCUT2D eigenvalue weighted by molar-refractivity contribution is 6.28. The van der Waals surface area contributed by atoms with Crippen LogP contribution in [0.15, 0.2) is 71.1 Å². The molecule has 2 heterocycles. The first kappa shape index (κ1) is 17.8. The molecule has 0 aliphatic heterocycles. The number of nitriles is 1. The molecule has 2 aromatic heterocycles. The maximum atomic E-state index is 9.90. The molecule has 5 nitrogen and oxygen atoms in total. The van der Waals surface area contributed by atoms with Gasteiger partial charge in [0.25, 0.3) is 0 Å². The summed E-state index contributed by atoms with van der Waals surface area (Å²) in [6.07, 6.45) is 0. The summed E-state index contributed by atoms with van der Waals surface area (Å²) in [6.45, 7) is 1.82. The molecule has 2 aromatic carbocycles. The van der Waals surface area contributed by atoms with Crippen molar-refractivity contribution in [3.05, 3.63) is 83.3 Å². The van der Waals surface area contributed by atoms with Crippen LogP contribution < -0.4 is 5.32 Å². The Morgan fingerprint density at radius 3 is 2.21 bits per heavy atom.